The molecule has 6 heteroatoms. The lowest BCUT2D eigenvalue weighted by atomic mass is 10.8. The molecule has 0 fully saturated rings. The van der Waals surface area contributed by atoms with Gasteiger partial charge in [-0.05, 0) is 0 Å². The summed E-state index contributed by atoms with van der Waals surface area (Å²) in [6, 6.07) is 0. The molecular formula is C4H9FO4S. The molecule has 0 aliphatic heterocycles. The highest BCUT2D eigenvalue weighted by molar-refractivity contribution is 7.85. The van der Waals surface area contributed by atoms with Crippen molar-refractivity contribution in [3.63, 3.8) is 0 Å². The van der Waals surface area contributed by atoms with Crippen LogP contribution < -0.4 is 0 Å². The van der Waals surface area contributed by atoms with Crippen molar-refractivity contribution in [2.75, 3.05) is 25.6 Å². The normalized spacial score (nSPS) is 11.8. The van der Waals surface area contributed by atoms with E-state index in [-0.39, 0.29) is 13.2 Å². The van der Waals surface area contributed by atoms with Crippen LogP contribution in [0.3, 0.4) is 0 Å². The van der Waals surface area contributed by atoms with Crippen LogP contribution in [-0.4, -0.2) is 38.6 Å². The van der Waals surface area contributed by atoms with Crippen LogP contribution in [0.5, 0.6) is 0 Å². The zero-order valence-corrected chi connectivity index (χ0v) is 6.10. The van der Waals surface area contributed by atoms with Gasteiger partial charge in [-0.25, -0.2) is 4.39 Å². The first-order valence-corrected chi connectivity index (χ1v) is 4.26. The second-order valence-corrected chi connectivity index (χ2v) is 3.16. The molecule has 0 bridgehead atoms. The fourth-order valence-electron chi connectivity index (χ4n) is 0.321. The standard InChI is InChI=1S/C4H9FO4S/c5-1-2-9-3-4-10(6,7)8/h1-4H2,(H,6,7,8). The molecule has 62 valence electrons. The van der Waals surface area contributed by atoms with Crippen molar-refractivity contribution in [1.29, 1.82) is 0 Å². The van der Waals surface area contributed by atoms with Crippen molar-refractivity contribution in [3.05, 3.63) is 0 Å². The van der Waals surface area contributed by atoms with Crippen LogP contribution >= 0.6 is 0 Å². The summed E-state index contributed by atoms with van der Waals surface area (Å²) in [6.07, 6.45) is 0. The summed E-state index contributed by atoms with van der Waals surface area (Å²) in [5.41, 5.74) is 0. The average molecular weight is 172 g/mol. The molecule has 0 amide bonds. The molecule has 10 heavy (non-hydrogen) atoms. The summed E-state index contributed by atoms with van der Waals surface area (Å²) in [7, 11) is -3.95. The molecule has 0 aromatic heterocycles. The highest BCUT2D eigenvalue weighted by atomic mass is 32.2. The van der Waals surface area contributed by atoms with Crippen LogP contribution in [0, 0.1) is 0 Å². The lowest BCUT2D eigenvalue weighted by Gasteiger charge is -1.97. The predicted molar refractivity (Wildman–Crippen MR) is 33.2 cm³/mol. The Hall–Kier alpha value is -0.200. The lowest BCUT2D eigenvalue weighted by Crippen LogP contribution is -2.11. The molecule has 0 saturated carbocycles. The zero-order chi connectivity index (χ0) is 8.04. The Bertz CT molecular complexity index is 164. The SMILES string of the molecule is O=S(=O)(O)CCOCCF. The smallest absolute Gasteiger partial charge is 0.267 e. The summed E-state index contributed by atoms with van der Waals surface area (Å²) in [5, 5.41) is 0. The Labute approximate surface area is 58.7 Å². The van der Waals surface area contributed by atoms with E-state index in [1.54, 1.807) is 0 Å². The van der Waals surface area contributed by atoms with Crippen LogP contribution in [0.4, 0.5) is 4.39 Å². The highest BCUT2D eigenvalue weighted by Gasteiger charge is 2.02. The Morgan fingerprint density at radius 2 is 2.00 bits per heavy atom. The minimum Gasteiger partial charge on any atom is -0.378 e. The van der Waals surface area contributed by atoms with Crippen LogP contribution in [0.2, 0.25) is 0 Å². The van der Waals surface area contributed by atoms with Gasteiger partial charge in [0.25, 0.3) is 10.1 Å². The molecule has 0 radical (unpaired) electrons. The van der Waals surface area contributed by atoms with Gasteiger partial charge < -0.3 is 4.74 Å². The lowest BCUT2D eigenvalue weighted by molar-refractivity contribution is 0.131. The zero-order valence-electron chi connectivity index (χ0n) is 5.29. The quantitative estimate of drug-likeness (QED) is 0.463. The fourth-order valence-corrected chi connectivity index (χ4v) is 0.649. The average Bonchev–Trinajstić information content (AvgIpc) is 1.78. The third-order valence-corrected chi connectivity index (χ3v) is 1.39. The monoisotopic (exact) mass is 172 g/mol. The van der Waals surface area contributed by atoms with E-state index in [0.717, 1.165) is 0 Å². The van der Waals surface area contributed by atoms with E-state index in [4.69, 9.17) is 4.55 Å². The number of hydrogen-bond donors (Lipinski definition) is 1. The largest absolute Gasteiger partial charge is 0.378 e. The van der Waals surface area contributed by atoms with Gasteiger partial charge in [-0.1, -0.05) is 0 Å². The summed E-state index contributed by atoms with van der Waals surface area (Å²) in [5.74, 6) is -0.479. The van der Waals surface area contributed by atoms with Crippen molar-refractivity contribution in [2.45, 2.75) is 0 Å². The molecule has 4 nitrogen and oxygen atoms in total. The Balaban J connectivity index is 3.21. The van der Waals surface area contributed by atoms with Gasteiger partial charge >= 0.3 is 0 Å². The van der Waals surface area contributed by atoms with Gasteiger partial charge in [0.2, 0.25) is 0 Å². The summed E-state index contributed by atoms with van der Waals surface area (Å²) in [4.78, 5) is 0. The molecule has 0 spiro atoms. The topological polar surface area (TPSA) is 63.6 Å². The van der Waals surface area contributed by atoms with E-state index in [0.29, 0.717) is 0 Å². The third-order valence-electron chi connectivity index (χ3n) is 0.707. The fraction of sp³-hybridized carbons (Fsp3) is 1.00. The summed E-state index contributed by atoms with van der Waals surface area (Å²) < 4.78 is 43.8. The molecule has 0 unspecified atom stereocenters. The van der Waals surface area contributed by atoms with Gasteiger partial charge in [-0.15, -0.1) is 0 Å². The maximum absolute atomic E-state index is 11.3. The van der Waals surface area contributed by atoms with Crippen molar-refractivity contribution in [3.8, 4) is 0 Å². The Morgan fingerprint density at radius 1 is 1.40 bits per heavy atom. The number of rotatable bonds is 5. The van der Waals surface area contributed by atoms with E-state index in [9.17, 15) is 12.8 Å². The van der Waals surface area contributed by atoms with Gasteiger partial charge in [0.15, 0.2) is 0 Å². The Kier molecular flexibility index (Phi) is 4.50. The second-order valence-electron chi connectivity index (χ2n) is 1.59. The molecule has 0 atom stereocenters. The van der Waals surface area contributed by atoms with Gasteiger partial charge in [0.1, 0.15) is 6.67 Å². The van der Waals surface area contributed by atoms with Crippen molar-refractivity contribution >= 4 is 10.1 Å². The van der Waals surface area contributed by atoms with E-state index < -0.39 is 22.5 Å². The number of alkyl halides is 1. The maximum atomic E-state index is 11.3. The predicted octanol–water partition coefficient (Wildman–Crippen LogP) is -0.140. The van der Waals surface area contributed by atoms with Crippen LogP contribution in [0.25, 0.3) is 0 Å². The van der Waals surface area contributed by atoms with Crippen LogP contribution in [-0.2, 0) is 14.9 Å². The summed E-state index contributed by atoms with van der Waals surface area (Å²) >= 11 is 0. The number of hydrogen-bond acceptors (Lipinski definition) is 3. The molecule has 0 aliphatic rings. The van der Waals surface area contributed by atoms with Crippen molar-refractivity contribution < 1.29 is 22.1 Å². The molecule has 0 aromatic rings. The third kappa shape index (κ3) is 7.80. The molecular weight excluding hydrogens is 163 g/mol. The van der Waals surface area contributed by atoms with Gasteiger partial charge in [0.05, 0.1) is 19.0 Å². The van der Waals surface area contributed by atoms with E-state index in [2.05, 4.69) is 4.74 Å². The molecule has 1 N–H and O–H groups in total. The molecule has 0 aliphatic carbocycles. The van der Waals surface area contributed by atoms with Gasteiger partial charge in [0, 0.05) is 0 Å². The number of ether oxygens (including phenoxy) is 1. The van der Waals surface area contributed by atoms with Gasteiger partial charge in [-0.2, -0.15) is 8.42 Å². The molecule has 0 rings (SSSR count). The number of halogens is 1. The van der Waals surface area contributed by atoms with E-state index >= 15 is 0 Å². The van der Waals surface area contributed by atoms with Crippen LogP contribution in [0.1, 0.15) is 0 Å². The Morgan fingerprint density at radius 3 is 2.40 bits per heavy atom. The van der Waals surface area contributed by atoms with Gasteiger partial charge in [-0.3, -0.25) is 4.55 Å². The highest BCUT2D eigenvalue weighted by Crippen LogP contribution is 1.83. The molecule has 0 aromatic carbocycles. The molecule has 0 saturated heterocycles. The first-order valence-electron chi connectivity index (χ1n) is 2.65. The van der Waals surface area contributed by atoms with Crippen molar-refractivity contribution in [2.24, 2.45) is 0 Å². The summed E-state index contributed by atoms with van der Waals surface area (Å²) in [6.45, 7) is -0.941. The first-order chi connectivity index (χ1) is 4.56. The van der Waals surface area contributed by atoms with Crippen LogP contribution in [0.15, 0.2) is 0 Å². The molecule has 0 heterocycles. The van der Waals surface area contributed by atoms with E-state index in [1.807, 2.05) is 0 Å². The first kappa shape index (κ1) is 9.80. The van der Waals surface area contributed by atoms with E-state index in [1.165, 1.54) is 0 Å². The second kappa shape index (κ2) is 4.59. The minimum atomic E-state index is -3.95. The minimum absolute atomic E-state index is 0.129. The maximum Gasteiger partial charge on any atom is 0.267 e. The van der Waals surface area contributed by atoms with Crippen molar-refractivity contribution in [1.82, 2.24) is 0 Å².